The number of aryl methyl sites for hydroxylation is 1. The van der Waals surface area contributed by atoms with Gasteiger partial charge in [0.15, 0.2) is 0 Å². The summed E-state index contributed by atoms with van der Waals surface area (Å²) in [5, 5.41) is 7.02. The first-order chi connectivity index (χ1) is 19.9. The molecule has 8 heteroatoms. The molecular weight excluding hydrogens is 580 g/mol. The Morgan fingerprint density at radius 1 is 0.829 bits per heavy atom. The molecule has 4 aromatic carbocycles. The Bertz CT molecular complexity index is 1720. The summed E-state index contributed by atoms with van der Waals surface area (Å²) >= 11 is 3.51. The Morgan fingerprint density at radius 2 is 1.54 bits per heavy atom. The molecule has 1 aromatic heterocycles. The number of morpholine rings is 1. The number of hydrogen-bond acceptors (Lipinski definition) is 4. The third-order valence-electron chi connectivity index (χ3n) is 7.33. The highest BCUT2D eigenvalue weighted by atomic mass is 79.9. The molecular formula is C33H29BrN4O3. The van der Waals surface area contributed by atoms with Crippen LogP contribution in [0.15, 0.2) is 95.6 Å². The van der Waals surface area contributed by atoms with Crippen molar-refractivity contribution in [2.45, 2.75) is 6.92 Å². The van der Waals surface area contributed by atoms with E-state index in [2.05, 4.69) is 36.4 Å². The van der Waals surface area contributed by atoms with E-state index in [-0.39, 0.29) is 11.8 Å². The number of aromatic nitrogens is 1. The van der Waals surface area contributed by atoms with Crippen LogP contribution in [0.5, 0.6) is 0 Å². The predicted molar refractivity (Wildman–Crippen MR) is 168 cm³/mol. The zero-order chi connectivity index (χ0) is 28.3. The van der Waals surface area contributed by atoms with Gasteiger partial charge in [-0.1, -0.05) is 34.1 Å². The molecule has 1 saturated heterocycles. The number of nitrogens with zero attached hydrogens (tertiary/aromatic N) is 1. The number of rotatable bonds is 6. The van der Waals surface area contributed by atoms with Crippen molar-refractivity contribution in [1.82, 2.24) is 4.98 Å². The van der Waals surface area contributed by atoms with Crippen LogP contribution in [0.25, 0.3) is 22.0 Å². The van der Waals surface area contributed by atoms with Crippen LogP contribution in [0.4, 0.5) is 17.1 Å². The highest BCUT2D eigenvalue weighted by molar-refractivity contribution is 9.10. The molecule has 2 amide bonds. The molecule has 1 aliphatic rings. The minimum Gasteiger partial charge on any atom is -0.378 e. The lowest BCUT2D eigenvalue weighted by Crippen LogP contribution is -2.36. The molecule has 41 heavy (non-hydrogen) atoms. The summed E-state index contributed by atoms with van der Waals surface area (Å²) in [4.78, 5) is 31.6. The van der Waals surface area contributed by atoms with Crippen LogP contribution in [-0.2, 0) is 4.74 Å². The largest absolute Gasteiger partial charge is 0.378 e. The standard InChI is InChI=1S/C33H29BrN4O3/c1-21-2-3-25(33(40)36-27-8-10-28(11-9-27)38-14-16-41-17-15-38)19-29(21)22-4-6-23(7-5-22)32(39)37-30-20-26(34)18-24-12-13-35-31(24)30/h2-13,18-20,35H,14-17H2,1H3,(H,36,40)(H,37,39). The summed E-state index contributed by atoms with van der Waals surface area (Å²) in [7, 11) is 0. The van der Waals surface area contributed by atoms with E-state index in [1.165, 1.54) is 0 Å². The van der Waals surface area contributed by atoms with E-state index in [1.807, 2.05) is 85.9 Å². The number of benzene rings is 4. The van der Waals surface area contributed by atoms with Crippen LogP contribution in [0, 0.1) is 6.92 Å². The van der Waals surface area contributed by atoms with Gasteiger partial charge in [0.25, 0.3) is 11.8 Å². The minimum atomic E-state index is -0.199. The Morgan fingerprint density at radius 3 is 2.29 bits per heavy atom. The lowest BCUT2D eigenvalue weighted by molar-refractivity contribution is 0.101. The van der Waals surface area contributed by atoms with E-state index in [1.54, 1.807) is 12.1 Å². The van der Waals surface area contributed by atoms with E-state index in [0.717, 1.165) is 69.7 Å². The fourth-order valence-corrected chi connectivity index (χ4v) is 5.56. The van der Waals surface area contributed by atoms with Gasteiger partial charge in [-0.2, -0.15) is 0 Å². The van der Waals surface area contributed by atoms with Gasteiger partial charge in [0, 0.05) is 51.6 Å². The molecule has 0 aliphatic carbocycles. The van der Waals surface area contributed by atoms with Crippen LogP contribution in [0.3, 0.4) is 0 Å². The third-order valence-corrected chi connectivity index (χ3v) is 7.79. The molecule has 5 aromatic rings. The van der Waals surface area contributed by atoms with Gasteiger partial charge in [-0.3, -0.25) is 9.59 Å². The molecule has 1 fully saturated rings. The molecule has 2 heterocycles. The van der Waals surface area contributed by atoms with E-state index in [9.17, 15) is 9.59 Å². The molecule has 0 bridgehead atoms. The molecule has 1 aliphatic heterocycles. The normalized spacial score (nSPS) is 13.3. The highest BCUT2D eigenvalue weighted by Gasteiger charge is 2.14. The summed E-state index contributed by atoms with van der Waals surface area (Å²) in [6.45, 7) is 5.20. The zero-order valence-electron chi connectivity index (χ0n) is 22.5. The Hall–Kier alpha value is -4.40. The second kappa shape index (κ2) is 11.6. The number of carbonyl (C=O) groups is 2. The van der Waals surface area contributed by atoms with E-state index in [0.29, 0.717) is 16.8 Å². The molecule has 7 nitrogen and oxygen atoms in total. The number of amides is 2. The van der Waals surface area contributed by atoms with Crippen molar-refractivity contribution in [2.24, 2.45) is 0 Å². The van der Waals surface area contributed by atoms with E-state index in [4.69, 9.17) is 4.74 Å². The average molecular weight is 610 g/mol. The summed E-state index contributed by atoms with van der Waals surface area (Å²) in [6.07, 6.45) is 1.85. The zero-order valence-corrected chi connectivity index (χ0v) is 24.1. The van der Waals surface area contributed by atoms with Crippen LogP contribution in [0.1, 0.15) is 26.3 Å². The van der Waals surface area contributed by atoms with Gasteiger partial charge in [0.2, 0.25) is 0 Å². The van der Waals surface area contributed by atoms with Crippen molar-refractivity contribution in [3.63, 3.8) is 0 Å². The van der Waals surface area contributed by atoms with Crippen LogP contribution in [0.2, 0.25) is 0 Å². The topological polar surface area (TPSA) is 86.5 Å². The number of fused-ring (bicyclic) bond motifs is 1. The molecule has 0 radical (unpaired) electrons. The molecule has 3 N–H and O–H groups in total. The van der Waals surface area contributed by atoms with Gasteiger partial charge in [0.05, 0.1) is 24.4 Å². The molecule has 6 rings (SSSR count). The fraction of sp³-hybridized carbons (Fsp3) is 0.152. The van der Waals surface area contributed by atoms with Gasteiger partial charge >= 0.3 is 0 Å². The van der Waals surface area contributed by atoms with Crippen molar-refractivity contribution < 1.29 is 14.3 Å². The third kappa shape index (κ3) is 5.89. The number of anilines is 3. The second-order valence-corrected chi connectivity index (χ2v) is 11.0. The molecule has 0 saturated carbocycles. The van der Waals surface area contributed by atoms with Crippen molar-refractivity contribution in [2.75, 3.05) is 41.8 Å². The second-order valence-electron chi connectivity index (χ2n) is 10.1. The van der Waals surface area contributed by atoms with Crippen molar-refractivity contribution in [3.8, 4) is 11.1 Å². The summed E-state index contributed by atoms with van der Waals surface area (Å²) in [5.41, 5.74) is 7.45. The SMILES string of the molecule is Cc1ccc(C(=O)Nc2ccc(N3CCOCC3)cc2)cc1-c1ccc(C(=O)Nc2cc(Br)cc3cc[nH]c23)cc1. The van der Waals surface area contributed by atoms with E-state index < -0.39 is 0 Å². The smallest absolute Gasteiger partial charge is 0.255 e. The first-order valence-corrected chi connectivity index (χ1v) is 14.3. The number of ether oxygens (including phenoxy) is 1. The van der Waals surface area contributed by atoms with Gasteiger partial charge in [-0.25, -0.2) is 0 Å². The summed E-state index contributed by atoms with van der Waals surface area (Å²) in [5.74, 6) is -0.374. The maximum atomic E-state index is 13.1. The highest BCUT2D eigenvalue weighted by Crippen LogP contribution is 2.29. The quantitative estimate of drug-likeness (QED) is 0.189. The predicted octanol–water partition coefficient (Wildman–Crippen LogP) is 7.25. The number of hydrogen-bond donors (Lipinski definition) is 3. The fourth-order valence-electron chi connectivity index (χ4n) is 5.08. The first-order valence-electron chi connectivity index (χ1n) is 13.5. The molecule has 0 unspecified atom stereocenters. The maximum absolute atomic E-state index is 13.1. The molecule has 0 atom stereocenters. The van der Waals surface area contributed by atoms with Gasteiger partial charge < -0.3 is 25.3 Å². The number of aromatic amines is 1. The Labute approximate surface area is 246 Å². The van der Waals surface area contributed by atoms with Crippen molar-refractivity contribution in [1.29, 1.82) is 0 Å². The number of halogens is 1. The maximum Gasteiger partial charge on any atom is 0.255 e. The molecule has 0 spiro atoms. The van der Waals surface area contributed by atoms with Crippen molar-refractivity contribution in [3.05, 3.63) is 112 Å². The van der Waals surface area contributed by atoms with Crippen LogP contribution < -0.4 is 15.5 Å². The Balaban J connectivity index is 1.15. The van der Waals surface area contributed by atoms with Crippen LogP contribution >= 0.6 is 15.9 Å². The number of H-pyrrole nitrogens is 1. The Kier molecular flexibility index (Phi) is 7.59. The summed E-state index contributed by atoms with van der Waals surface area (Å²) in [6, 6.07) is 26.8. The van der Waals surface area contributed by atoms with Gasteiger partial charge in [-0.05, 0) is 90.3 Å². The number of nitrogens with one attached hydrogen (secondary N) is 3. The monoisotopic (exact) mass is 608 g/mol. The van der Waals surface area contributed by atoms with Gasteiger partial charge in [-0.15, -0.1) is 0 Å². The average Bonchev–Trinajstić information content (AvgIpc) is 3.47. The first kappa shape index (κ1) is 26.8. The summed E-state index contributed by atoms with van der Waals surface area (Å²) < 4.78 is 6.32. The lowest BCUT2D eigenvalue weighted by Gasteiger charge is -2.28. The minimum absolute atomic E-state index is 0.175. The van der Waals surface area contributed by atoms with Crippen LogP contribution in [-0.4, -0.2) is 43.1 Å². The molecule has 206 valence electrons. The van der Waals surface area contributed by atoms with Gasteiger partial charge in [0.1, 0.15) is 0 Å². The van der Waals surface area contributed by atoms with Crippen molar-refractivity contribution >= 4 is 55.7 Å². The van der Waals surface area contributed by atoms with E-state index >= 15 is 0 Å². The lowest BCUT2D eigenvalue weighted by atomic mass is 9.97. The number of carbonyl (C=O) groups excluding carboxylic acids is 2.